The van der Waals surface area contributed by atoms with Crippen molar-refractivity contribution in [2.75, 3.05) is 26.3 Å². The molecule has 4 heteroatoms. The maximum atomic E-state index is 5.36. The highest BCUT2D eigenvalue weighted by atomic mass is 16.5. The molecule has 0 atom stereocenters. The molecule has 0 amide bonds. The summed E-state index contributed by atoms with van der Waals surface area (Å²) in [6.07, 6.45) is 3.81. The second kappa shape index (κ2) is 5.00. The van der Waals surface area contributed by atoms with Crippen LogP contribution < -0.4 is 0 Å². The van der Waals surface area contributed by atoms with Gasteiger partial charge in [-0.25, -0.2) is 0 Å². The van der Waals surface area contributed by atoms with Gasteiger partial charge in [-0.15, -0.1) is 0 Å². The van der Waals surface area contributed by atoms with Gasteiger partial charge < -0.3 is 4.74 Å². The van der Waals surface area contributed by atoms with E-state index in [1.807, 2.05) is 25.4 Å². The number of nitrogens with zero attached hydrogens (tertiary/aromatic N) is 3. The number of hydrogen-bond acceptors (Lipinski definition) is 4. The Balaban J connectivity index is 1.84. The van der Waals surface area contributed by atoms with Crippen molar-refractivity contribution < 1.29 is 4.74 Å². The lowest BCUT2D eigenvalue weighted by atomic mass is 10.1. The highest BCUT2D eigenvalue weighted by Crippen LogP contribution is 2.16. The average Bonchev–Trinajstić information content (AvgIpc) is 2.40. The number of pyridine rings is 2. The molecule has 3 rings (SSSR count). The van der Waals surface area contributed by atoms with Gasteiger partial charge in [0.1, 0.15) is 0 Å². The van der Waals surface area contributed by atoms with Crippen LogP contribution >= 0.6 is 0 Å². The van der Waals surface area contributed by atoms with E-state index in [0.717, 1.165) is 44.1 Å². The van der Waals surface area contributed by atoms with Crippen molar-refractivity contribution in [1.82, 2.24) is 14.9 Å². The molecule has 0 N–H and O–H groups in total. The topological polar surface area (TPSA) is 38.2 Å². The van der Waals surface area contributed by atoms with Crippen LogP contribution in [0.4, 0.5) is 0 Å². The van der Waals surface area contributed by atoms with Gasteiger partial charge in [-0.2, -0.15) is 0 Å². The third kappa shape index (κ3) is 2.35. The largest absolute Gasteiger partial charge is 0.379 e. The normalized spacial score (nSPS) is 17.2. The quantitative estimate of drug-likeness (QED) is 0.805. The molecule has 0 saturated carbocycles. The van der Waals surface area contributed by atoms with Gasteiger partial charge in [0.2, 0.25) is 0 Å². The molecule has 2 aromatic heterocycles. The minimum atomic E-state index is 0.837. The number of ether oxygens (including phenoxy) is 1. The van der Waals surface area contributed by atoms with Crippen LogP contribution in [0.15, 0.2) is 24.5 Å². The molecule has 1 aliphatic rings. The zero-order chi connectivity index (χ0) is 12.4. The van der Waals surface area contributed by atoms with Gasteiger partial charge in [0.25, 0.3) is 0 Å². The second-order valence-corrected chi connectivity index (χ2v) is 4.70. The predicted molar refractivity (Wildman–Crippen MR) is 70.4 cm³/mol. The van der Waals surface area contributed by atoms with Gasteiger partial charge >= 0.3 is 0 Å². The molecule has 3 heterocycles. The number of morpholine rings is 1. The van der Waals surface area contributed by atoms with Gasteiger partial charge in [0, 0.05) is 37.4 Å². The molecule has 4 nitrogen and oxygen atoms in total. The predicted octanol–water partition coefficient (Wildman–Crippen LogP) is 1.77. The molecule has 1 aliphatic heterocycles. The maximum absolute atomic E-state index is 5.36. The van der Waals surface area contributed by atoms with Gasteiger partial charge in [0.15, 0.2) is 0 Å². The summed E-state index contributed by atoms with van der Waals surface area (Å²) < 4.78 is 5.36. The van der Waals surface area contributed by atoms with Crippen molar-refractivity contribution >= 4 is 10.9 Å². The van der Waals surface area contributed by atoms with Gasteiger partial charge in [-0.1, -0.05) is 0 Å². The van der Waals surface area contributed by atoms with E-state index in [1.165, 1.54) is 10.9 Å². The maximum Gasteiger partial charge on any atom is 0.0914 e. The number of fused-ring (bicyclic) bond motifs is 1. The lowest BCUT2D eigenvalue weighted by Gasteiger charge is -2.26. The number of aryl methyl sites for hydroxylation is 1. The highest BCUT2D eigenvalue weighted by Gasteiger charge is 2.11. The van der Waals surface area contributed by atoms with Crippen LogP contribution in [0.1, 0.15) is 11.3 Å². The van der Waals surface area contributed by atoms with Crippen molar-refractivity contribution in [3.63, 3.8) is 0 Å². The van der Waals surface area contributed by atoms with E-state index in [4.69, 9.17) is 4.74 Å². The molecular formula is C14H17N3O. The first-order valence-electron chi connectivity index (χ1n) is 6.33. The third-order valence-electron chi connectivity index (χ3n) is 3.35. The number of hydrogen-bond donors (Lipinski definition) is 0. The minimum absolute atomic E-state index is 0.837. The van der Waals surface area contributed by atoms with Crippen molar-refractivity contribution in [3.05, 3.63) is 35.8 Å². The lowest BCUT2D eigenvalue weighted by Crippen LogP contribution is -2.35. The Kier molecular flexibility index (Phi) is 3.21. The van der Waals surface area contributed by atoms with E-state index in [1.54, 1.807) is 0 Å². The zero-order valence-corrected chi connectivity index (χ0v) is 10.6. The Morgan fingerprint density at radius 3 is 2.94 bits per heavy atom. The van der Waals surface area contributed by atoms with Crippen molar-refractivity contribution in [2.45, 2.75) is 13.5 Å². The van der Waals surface area contributed by atoms with Crippen LogP contribution in [-0.4, -0.2) is 41.2 Å². The molecule has 0 spiro atoms. The Hall–Kier alpha value is -1.52. The fourth-order valence-electron chi connectivity index (χ4n) is 2.35. The SMILES string of the molecule is Cc1nccc2cc(CN3CCOCC3)cnc12. The average molecular weight is 243 g/mol. The summed E-state index contributed by atoms with van der Waals surface area (Å²) in [6, 6.07) is 4.24. The summed E-state index contributed by atoms with van der Waals surface area (Å²) in [5.74, 6) is 0. The first kappa shape index (κ1) is 11.6. The first-order chi connectivity index (χ1) is 8.83. The molecule has 1 saturated heterocycles. The summed E-state index contributed by atoms with van der Waals surface area (Å²) in [5, 5.41) is 1.17. The van der Waals surface area contributed by atoms with Crippen LogP contribution in [0.25, 0.3) is 10.9 Å². The van der Waals surface area contributed by atoms with Crippen LogP contribution in [0.5, 0.6) is 0 Å². The van der Waals surface area contributed by atoms with Gasteiger partial charge in [0.05, 0.1) is 24.4 Å². The molecule has 1 fully saturated rings. The van der Waals surface area contributed by atoms with Gasteiger partial charge in [-0.05, 0) is 24.6 Å². The second-order valence-electron chi connectivity index (χ2n) is 4.70. The molecule has 0 unspecified atom stereocenters. The number of aromatic nitrogens is 2. The summed E-state index contributed by atoms with van der Waals surface area (Å²) in [6.45, 7) is 6.64. The summed E-state index contributed by atoms with van der Waals surface area (Å²) in [5.41, 5.74) is 3.25. The Morgan fingerprint density at radius 1 is 1.28 bits per heavy atom. The number of rotatable bonds is 2. The molecule has 94 valence electrons. The molecule has 0 aromatic carbocycles. The Bertz CT molecular complexity index is 550. The zero-order valence-electron chi connectivity index (χ0n) is 10.6. The summed E-state index contributed by atoms with van der Waals surface area (Å²) in [7, 11) is 0. The minimum Gasteiger partial charge on any atom is -0.379 e. The van der Waals surface area contributed by atoms with E-state index in [0.29, 0.717) is 0 Å². The van der Waals surface area contributed by atoms with Crippen molar-refractivity contribution in [3.8, 4) is 0 Å². The van der Waals surface area contributed by atoms with Crippen LogP contribution in [0.2, 0.25) is 0 Å². The van der Waals surface area contributed by atoms with Gasteiger partial charge in [-0.3, -0.25) is 14.9 Å². The molecule has 18 heavy (non-hydrogen) atoms. The molecular weight excluding hydrogens is 226 g/mol. The van der Waals surface area contributed by atoms with E-state index in [9.17, 15) is 0 Å². The smallest absolute Gasteiger partial charge is 0.0914 e. The highest BCUT2D eigenvalue weighted by molar-refractivity contribution is 5.80. The fourth-order valence-corrected chi connectivity index (χ4v) is 2.35. The molecule has 2 aromatic rings. The standard InChI is InChI=1S/C14H17N3O/c1-11-14-13(2-3-15-11)8-12(9-16-14)10-17-4-6-18-7-5-17/h2-3,8-9H,4-7,10H2,1H3. The third-order valence-corrected chi connectivity index (χ3v) is 3.35. The van der Waals surface area contributed by atoms with Crippen LogP contribution in [-0.2, 0) is 11.3 Å². The van der Waals surface area contributed by atoms with Crippen molar-refractivity contribution in [1.29, 1.82) is 0 Å². The van der Waals surface area contributed by atoms with E-state index < -0.39 is 0 Å². The van der Waals surface area contributed by atoms with Crippen LogP contribution in [0, 0.1) is 6.92 Å². The molecule has 0 aliphatic carbocycles. The lowest BCUT2D eigenvalue weighted by molar-refractivity contribution is 0.0341. The monoisotopic (exact) mass is 243 g/mol. The first-order valence-corrected chi connectivity index (χ1v) is 6.33. The Morgan fingerprint density at radius 2 is 2.11 bits per heavy atom. The van der Waals surface area contributed by atoms with E-state index in [2.05, 4.69) is 20.9 Å². The van der Waals surface area contributed by atoms with Crippen LogP contribution in [0.3, 0.4) is 0 Å². The summed E-state index contributed by atoms with van der Waals surface area (Å²) in [4.78, 5) is 11.2. The summed E-state index contributed by atoms with van der Waals surface area (Å²) >= 11 is 0. The fraction of sp³-hybridized carbons (Fsp3) is 0.429. The molecule has 0 bridgehead atoms. The van der Waals surface area contributed by atoms with E-state index >= 15 is 0 Å². The molecule has 0 radical (unpaired) electrons. The van der Waals surface area contributed by atoms with Crippen molar-refractivity contribution in [2.24, 2.45) is 0 Å². The van der Waals surface area contributed by atoms with E-state index in [-0.39, 0.29) is 0 Å². The Labute approximate surface area is 107 Å².